The fraction of sp³-hybridized carbons (Fsp3) is 0.462. The summed E-state index contributed by atoms with van der Waals surface area (Å²) in [6.07, 6.45) is -0.704. The Hall–Kier alpha value is -1.55. The Morgan fingerprint density at radius 3 is 2.71 bits per heavy atom. The summed E-state index contributed by atoms with van der Waals surface area (Å²) in [6, 6.07) is 7.35. The van der Waals surface area contributed by atoms with Crippen LogP contribution >= 0.6 is 0 Å². The Morgan fingerprint density at radius 1 is 1.41 bits per heavy atom. The second kappa shape index (κ2) is 4.04. The molecule has 1 saturated heterocycles. The van der Waals surface area contributed by atoms with E-state index >= 15 is 0 Å². The molecule has 2 rings (SSSR count). The number of rotatable bonds is 2. The third kappa shape index (κ3) is 2.97. The lowest BCUT2D eigenvalue weighted by atomic mass is 10.1. The van der Waals surface area contributed by atoms with Gasteiger partial charge in [-0.05, 0) is 38.5 Å². The lowest BCUT2D eigenvalue weighted by Crippen LogP contribution is -2.26. The SMILES string of the molecule is CC(C)(C)OC(=O)C1OC1c1cccc(N)c1. The zero-order valence-electron chi connectivity index (χ0n) is 10.3. The molecule has 4 nitrogen and oxygen atoms in total. The first-order chi connectivity index (χ1) is 7.87. The van der Waals surface area contributed by atoms with Gasteiger partial charge in [0.1, 0.15) is 11.7 Å². The van der Waals surface area contributed by atoms with Crippen LogP contribution in [0.3, 0.4) is 0 Å². The Bertz CT molecular complexity index is 437. The molecule has 2 N–H and O–H groups in total. The molecule has 2 unspecified atom stereocenters. The fourth-order valence-corrected chi connectivity index (χ4v) is 1.64. The molecule has 1 aliphatic rings. The van der Waals surface area contributed by atoms with E-state index in [-0.39, 0.29) is 12.1 Å². The van der Waals surface area contributed by atoms with Crippen molar-refractivity contribution in [3.63, 3.8) is 0 Å². The first kappa shape index (κ1) is 11.9. The average molecular weight is 235 g/mol. The Kier molecular flexibility index (Phi) is 2.83. The predicted octanol–water partition coefficient (Wildman–Crippen LogP) is 2.05. The number of nitrogens with two attached hydrogens (primary N) is 1. The van der Waals surface area contributed by atoms with Gasteiger partial charge < -0.3 is 15.2 Å². The van der Waals surface area contributed by atoms with Gasteiger partial charge in [-0.25, -0.2) is 4.79 Å². The van der Waals surface area contributed by atoms with E-state index in [2.05, 4.69) is 0 Å². The summed E-state index contributed by atoms with van der Waals surface area (Å²) in [5.74, 6) is -0.315. The maximum Gasteiger partial charge on any atom is 0.338 e. The number of ether oxygens (including phenoxy) is 2. The number of epoxide rings is 1. The number of esters is 1. The van der Waals surface area contributed by atoms with E-state index in [9.17, 15) is 4.79 Å². The van der Waals surface area contributed by atoms with Crippen molar-refractivity contribution in [2.75, 3.05) is 5.73 Å². The average Bonchev–Trinajstić information content (AvgIpc) is 2.94. The van der Waals surface area contributed by atoms with Crippen molar-refractivity contribution < 1.29 is 14.3 Å². The molecule has 0 aliphatic carbocycles. The molecule has 0 bridgehead atoms. The summed E-state index contributed by atoms with van der Waals surface area (Å²) in [5, 5.41) is 0. The van der Waals surface area contributed by atoms with Crippen LogP contribution in [0, 0.1) is 0 Å². The third-order valence-corrected chi connectivity index (χ3v) is 2.37. The van der Waals surface area contributed by atoms with Crippen LogP contribution in [0.25, 0.3) is 0 Å². The van der Waals surface area contributed by atoms with Crippen molar-refractivity contribution in [2.45, 2.75) is 38.6 Å². The second-order valence-electron chi connectivity index (χ2n) is 5.18. The molecule has 4 heteroatoms. The molecule has 0 amide bonds. The number of nitrogen functional groups attached to an aromatic ring is 1. The molecule has 0 radical (unpaired) electrons. The van der Waals surface area contributed by atoms with Crippen LogP contribution in [0.15, 0.2) is 24.3 Å². The molecule has 92 valence electrons. The smallest absolute Gasteiger partial charge is 0.338 e. The first-order valence-corrected chi connectivity index (χ1v) is 5.60. The minimum Gasteiger partial charge on any atom is -0.458 e. The molecular formula is C13H17NO3. The monoisotopic (exact) mass is 235 g/mol. The highest BCUT2D eigenvalue weighted by Crippen LogP contribution is 2.40. The van der Waals surface area contributed by atoms with Crippen molar-refractivity contribution >= 4 is 11.7 Å². The molecule has 1 heterocycles. The topological polar surface area (TPSA) is 64.8 Å². The highest BCUT2D eigenvalue weighted by molar-refractivity contribution is 5.79. The van der Waals surface area contributed by atoms with Gasteiger partial charge in [0.25, 0.3) is 0 Å². The molecule has 1 aromatic rings. The van der Waals surface area contributed by atoms with Crippen LogP contribution in [0.2, 0.25) is 0 Å². The van der Waals surface area contributed by atoms with E-state index in [1.165, 1.54) is 0 Å². The molecule has 1 fully saturated rings. The zero-order chi connectivity index (χ0) is 12.6. The Morgan fingerprint density at radius 2 is 2.12 bits per heavy atom. The molecule has 17 heavy (non-hydrogen) atoms. The van der Waals surface area contributed by atoms with Crippen LogP contribution in [0.5, 0.6) is 0 Å². The highest BCUT2D eigenvalue weighted by atomic mass is 16.6. The van der Waals surface area contributed by atoms with Crippen LogP contribution in [-0.4, -0.2) is 17.7 Å². The van der Waals surface area contributed by atoms with Gasteiger partial charge in [-0.1, -0.05) is 12.1 Å². The molecule has 0 saturated carbocycles. The lowest BCUT2D eigenvalue weighted by Gasteiger charge is -2.18. The summed E-state index contributed by atoms with van der Waals surface area (Å²) in [4.78, 5) is 11.7. The fourth-order valence-electron chi connectivity index (χ4n) is 1.64. The number of hydrogen-bond acceptors (Lipinski definition) is 4. The van der Waals surface area contributed by atoms with E-state index in [0.717, 1.165) is 5.56 Å². The minimum atomic E-state index is -0.490. The summed E-state index contributed by atoms with van der Waals surface area (Å²) >= 11 is 0. The van der Waals surface area contributed by atoms with Gasteiger partial charge in [-0.2, -0.15) is 0 Å². The number of anilines is 1. The molecular weight excluding hydrogens is 218 g/mol. The quantitative estimate of drug-likeness (QED) is 0.484. The largest absolute Gasteiger partial charge is 0.458 e. The zero-order valence-corrected chi connectivity index (χ0v) is 10.3. The molecule has 2 atom stereocenters. The second-order valence-corrected chi connectivity index (χ2v) is 5.18. The Balaban J connectivity index is 1.99. The standard InChI is InChI=1S/C13H17NO3/c1-13(2,3)17-12(15)11-10(16-11)8-5-4-6-9(14)7-8/h4-7,10-11H,14H2,1-3H3. The van der Waals surface area contributed by atoms with Crippen molar-refractivity contribution in [1.82, 2.24) is 0 Å². The van der Waals surface area contributed by atoms with Crippen LogP contribution in [0.1, 0.15) is 32.4 Å². The van der Waals surface area contributed by atoms with Gasteiger partial charge >= 0.3 is 5.97 Å². The predicted molar refractivity (Wildman–Crippen MR) is 64.3 cm³/mol. The third-order valence-electron chi connectivity index (χ3n) is 2.37. The van der Waals surface area contributed by atoms with Crippen molar-refractivity contribution in [1.29, 1.82) is 0 Å². The number of carbonyl (C=O) groups excluding carboxylic acids is 1. The van der Waals surface area contributed by atoms with E-state index in [1.54, 1.807) is 6.07 Å². The molecule has 1 aromatic carbocycles. The van der Waals surface area contributed by atoms with Crippen molar-refractivity contribution in [2.24, 2.45) is 0 Å². The minimum absolute atomic E-state index is 0.214. The number of benzene rings is 1. The Labute approximate surface area is 101 Å². The maximum atomic E-state index is 11.7. The summed E-state index contributed by atoms with van der Waals surface area (Å²) in [7, 11) is 0. The van der Waals surface area contributed by atoms with Crippen molar-refractivity contribution in [3.05, 3.63) is 29.8 Å². The van der Waals surface area contributed by atoms with Crippen LogP contribution in [0.4, 0.5) is 5.69 Å². The van der Waals surface area contributed by atoms with Gasteiger partial charge in [0.2, 0.25) is 0 Å². The molecule has 1 aliphatic heterocycles. The summed E-state index contributed by atoms with van der Waals surface area (Å²) in [5.41, 5.74) is 6.78. The molecule has 0 spiro atoms. The van der Waals surface area contributed by atoms with Crippen LogP contribution in [-0.2, 0) is 14.3 Å². The van der Waals surface area contributed by atoms with Gasteiger partial charge in [0.15, 0.2) is 6.10 Å². The van der Waals surface area contributed by atoms with E-state index in [0.29, 0.717) is 5.69 Å². The number of hydrogen-bond donors (Lipinski definition) is 1. The van der Waals surface area contributed by atoms with E-state index < -0.39 is 11.7 Å². The lowest BCUT2D eigenvalue weighted by molar-refractivity contribution is -0.156. The van der Waals surface area contributed by atoms with Crippen LogP contribution < -0.4 is 5.73 Å². The maximum absolute atomic E-state index is 11.7. The van der Waals surface area contributed by atoms with E-state index in [1.807, 2.05) is 39.0 Å². The van der Waals surface area contributed by atoms with Gasteiger partial charge in [0.05, 0.1) is 0 Å². The summed E-state index contributed by atoms with van der Waals surface area (Å²) in [6.45, 7) is 5.51. The van der Waals surface area contributed by atoms with Gasteiger partial charge in [-0.15, -0.1) is 0 Å². The van der Waals surface area contributed by atoms with Crippen molar-refractivity contribution in [3.8, 4) is 0 Å². The normalized spacial score (nSPS) is 23.2. The number of carbonyl (C=O) groups is 1. The van der Waals surface area contributed by atoms with Gasteiger partial charge in [-0.3, -0.25) is 0 Å². The summed E-state index contributed by atoms with van der Waals surface area (Å²) < 4.78 is 10.6. The molecule has 0 aromatic heterocycles. The highest BCUT2D eigenvalue weighted by Gasteiger charge is 2.48. The van der Waals surface area contributed by atoms with E-state index in [4.69, 9.17) is 15.2 Å². The first-order valence-electron chi connectivity index (χ1n) is 5.60. The van der Waals surface area contributed by atoms with Gasteiger partial charge in [0, 0.05) is 5.69 Å².